The largest absolute Gasteiger partial charge is 0.395 e. The molecule has 0 saturated heterocycles. The van der Waals surface area contributed by atoms with E-state index in [1.807, 2.05) is 19.9 Å². The second kappa shape index (κ2) is 7.74. The number of aliphatic hydroxyl groups is 1. The summed E-state index contributed by atoms with van der Waals surface area (Å²) in [6.45, 7) is 4.21. The highest BCUT2D eigenvalue weighted by Crippen LogP contribution is 2.20. The lowest BCUT2D eigenvalue weighted by Crippen LogP contribution is -2.27. The van der Waals surface area contributed by atoms with Crippen molar-refractivity contribution in [3.05, 3.63) is 64.5 Å². The van der Waals surface area contributed by atoms with Gasteiger partial charge in [0.05, 0.1) is 6.61 Å². The van der Waals surface area contributed by atoms with Gasteiger partial charge in [-0.2, -0.15) is 0 Å². The number of hydrogen-bond donors (Lipinski definition) is 3. The average molecular weight is 316 g/mol. The Bertz CT molecular complexity index is 701. The number of rotatable bonds is 6. The Morgan fingerprint density at radius 3 is 2.74 bits per heavy atom. The first kappa shape index (κ1) is 17.0. The van der Waals surface area contributed by atoms with Crippen molar-refractivity contribution in [2.75, 3.05) is 18.5 Å². The van der Waals surface area contributed by atoms with E-state index in [2.05, 4.69) is 10.6 Å². The molecule has 5 heteroatoms. The smallest absolute Gasteiger partial charge is 0.251 e. The lowest BCUT2D eigenvalue weighted by atomic mass is 10.1. The number of aryl methyl sites for hydroxylation is 1. The van der Waals surface area contributed by atoms with Crippen molar-refractivity contribution in [1.29, 1.82) is 0 Å². The third-order valence-electron chi connectivity index (χ3n) is 3.65. The van der Waals surface area contributed by atoms with Crippen molar-refractivity contribution in [3.63, 3.8) is 0 Å². The third-order valence-corrected chi connectivity index (χ3v) is 3.65. The quantitative estimate of drug-likeness (QED) is 0.768. The lowest BCUT2D eigenvalue weighted by molar-refractivity contribution is 0.0944. The van der Waals surface area contributed by atoms with E-state index in [0.29, 0.717) is 17.7 Å². The molecule has 4 nitrogen and oxygen atoms in total. The molecule has 2 aromatic rings. The summed E-state index contributed by atoms with van der Waals surface area (Å²) in [7, 11) is 0. The van der Waals surface area contributed by atoms with Gasteiger partial charge < -0.3 is 15.7 Å². The van der Waals surface area contributed by atoms with E-state index in [4.69, 9.17) is 5.11 Å². The molecule has 0 aliphatic heterocycles. The normalized spacial score (nSPS) is 10.4. The number of nitrogens with one attached hydrogen (secondary N) is 2. The van der Waals surface area contributed by atoms with Gasteiger partial charge in [-0.1, -0.05) is 23.8 Å². The number of halogens is 1. The average Bonchev–Trinajstić information content (AvgIpc) is 2.54. The van der Waals surface area contributed by atoms with Gasteiger partial charge in [0.1, 0.15) is 5.82 Å². The Kier molecular flexibility index (Phi) is 5.71. The molecule has 0 heterocycles. The second-order valence-electron chi connectivity index (χ2n) is 5.41. The zero-order valence-corrected chi connectivity index (χ0v) is 13.3. The van der Waals surface area contributed by atoms with Gasteiger partial charge in [-0.3, -0.25) is 4.79 Å². The molecule has 0 fully saturated rings. The maximum Gasteiger partial charge on any atom is 0.251 e. The Balaban J connectivity index is 2.14. The molecule has 0 radical (unpaired) electrons. The van der Waals surface area contributed by atoms with Crippen LogP contribution in [0.1, 0.15) is 27.0 Å². The van der Waals surface area contributed by atoms with Gasteiger partial charge in [0.2, 0.25) is 0 Å². The fourth-order valence-electron chi connectivity index (χ4n) is 2.37. The first-order valence-corrected chi connectivity index (χ1v) is 7.50. The van der Waals surface area contributed by atoms with Gasteiger partial charge in [-0.05, 0) is 37.6 Å². The van der Waals surface area contributed by atoms with E-state index in [1.165, 1.54) is 6.07 Å². The molecular weight excluding hydrogens is 295 g/mol. The van der Waals surface area contributed by atoms with Gasteiger partial charge in [-0.15, -0.1) is 0 Å². The fraction of sp³-hybridized carbons (Fsp3) is 0.278. The zero-order chi connectivity index (χ0) is 16.8. The van der Waals surface area contributed by atoms with Crippen LogP contribution in [-0.2, 0) is 6.54 Å². The lowest BCUT2D eigenvalue weighted by Gasteiger charge is -2.14. The summed E-state index contributed by atoms with van der Waals surface area (Å²) >= 11 is 0. The molecule has 1 amide bonds. The Morgan fingerprint density at radius 1 is 1.22 bits per heavy atom. The molecule has 3 N–H and O–H groups in total. The van der Waals surface area contributed by atoms with Gasteiger partial charge in [0.25, 0.3) is 5.91 Å². The molecule has 0 aliphatic carbocycles. The Morgan fingerprint density at radius 2 is 2.00 bits per heavy atom. The minimum absolute atomic E-state index is 0.102. The van der Waals surface area contributed by atoms with E-state index in [1.54, 1.807) is 24.3 Å². The molecular formula is C18H21FN2O2. The number of benzene rings is 2. The minimum atomic E-state index is -0.252. The Hall–Kier alpha value is -2.40. The summed E-state index contributed by atoms with van der Waals surface area (Å²) in [5.74, 6) is -0.487. The highest BCUT2D eigenvalue weighted by Gasteiger charge is 2.11. The predicted octanol–water partition coefficient (Wildman–Crippen LogP) is 2.78. The first-order valence-electron chi connectivity index (χ1n) is 7.50. The van der Waals surface area contributed by atoms with E-state index < -0.39 is 0 Å². The van der Waals surface area contributed by atoms with Gasteiger partial charge >= 0.3 is 0 Å². The van der Waals surface area contributed by atoms with Crippen LogP contribution < -0.4 is 10.6 Å². The maximum atomic E-state index is 13.8. The fourth-order valence-corrected chi connectivity index (χ4v) is 2.37. The highest BCUT2D eigenvalue weighted by atomic mass is 19.1. The van der Waals surface area contributed by atoms with Crippen LogP contribution in [0.4, 0.5) is 10.1 Å². The first-order chi connectivity index (χ1) is 11.0. The maximum absolute atomic E-state index is 13.8. The van der Waals surface area contributed by atoms with Crippen LogP contribution in [0.25, 0.3) is 0 Å². The van der Waals surface area contributed by atoms with E-state index in [0.717, 1.165) is 16.8 Å². The molecule has 0 saturated carbocycles. The van der Waals surface area contributed by atoms with E-state index in [9.17, 15) is 9.18 Å². The molecule has 0 spiro atoms. The van der Waals surface area contributed by atoms with Crippen LogP contribution in [0.15, 0.2) is 36.4 Å². The predicted molar refractivity (Wildman–Crippen MR) is 89.1 cm³/mol. The molecule has 122 valence electrons. The number of amides is 1. The summed E-state index contributed by atoms with van der Waals surface area (Å²) in [6.07, 6.45) is 0. The summed E-state index contributed by atoms with van der Waals surface area (Å²) < 4.78 is 13.8. The van der Waals surface area contributed by atoms with Crippen molar-refractivity contribution in [2.24, 2.45) is 0 Å². The molecule has 0 aromatic heterocycles. The van der Waals surface area contributed by atoms with Gasteiger partial charge in [0, 0.05) is 29.9 Å². The van der Waals surface area contributed by atoms with Crippen molar-refractivity contribution in [3.8, 4) is 0 Å². The van der Waals surface area contributed by atoms with Gasteiger partial charge in [0.15, 0.2) is 0 Å². The van der Waals surface area contributed by atoms with Crippen LogP contribution in [0.2, 0.25) is 0 Å². The molecule has 2 aromatic carbocycles. The summed E-state index contributed by atoms with van der Waals surface area (Å²) in [5.41, 5.74) is 3.68. The van der Waals surface area contributed by atoms with Crippen LogP contribution in [0.5, 0.6) is 0 Å². The van der Waals surface area contributed by atoms with Crippen molar-refractivity contribution in [1.82, 2.24) is 5.32 Å². The van der Waals surface area contributed by atoms with E-state index in [-0.39, 0.29) is 24.9 Å². The molecule has 0 aliphatic rings. The SMILES string of the molecule is Cc1ccc(F)c(CNc2cccc(C(=O)NCCO)c2C)c1. The van der Waals surface area contributed by atoms with Crippen LogP contribution in [-0.4, -0.2) is 24.2 Å². The highest BCUT2D eigenvalue weighted by molar-refractivity contribution is 5.97. The number of aliphatic hydroxyl groups excluding tert-OH is 1. The van der Waals surface area contributed by atoms with Crippen LogP contribution >= 0.6 is 0 Å². The summed E-state index contributed by atoms with van der Waals surface area (Å²) in [6, 6.07) is 10.3. The number of hydrogen-bond acceptors (Lipinski definition) is 3. The van der Waals surface area contributed by atoms with Crippen LogP contribution in [0, 0.1) is 19.7 Å². The number of carbonyl (C=O) groups is 1. The number of anilines is 1. The third kappa shape index (κ3) is 4.29. The van der Waals surface area contributed by atoms with Gasteiger partial charge in [-0.25, -0.2) is 4.39 Å². The van der Waals surface area contributed by atoms with Crippen molar-refractivity contribution < 1.29 is 14.3 Å². The van der Waals surface area contributed by atoms with Crippen molar-refractivity contribution >= 4 is 11.6 Å². The summed E-state index contributed by atoms with van der Waals surface area (Å²) in [5, 5.41) is 14.6. The molecule has 2 rings (SSSR count). The second-order valence-corrected chi connectivity index (χ2v) is 5.41. The standard InChI is InChI=1S/C18H21FN2O2/c1-12-6-7-16(19)14(10-12)11-21-17-5-3-4-15(13(17)2)18(23)20-8-9-22/h3-7,10,21-22H,8-9,11H2,1-2H3,(H,20,23). The molecule has 0 bridgehead atoms. The molecule has 0 unspecified atom stereocenters. The zero-order valence-electron chi connectivity index (χ0n) is 13.3. The molecule has 23 heavy (non-hydrogen) atoms. The minimum Gasteiger partial charge on any atom is -0.395 e. The Labute approximate surface area is 135 Å². The topological polar surface area (TPSA) is 61.4 Å². The van der Waals surface area contributed by atoms with Crippen LogP contribution in [0.3, 0.4) is 0 Å². The monoisotopic (exact) mass is 316 g/mol. The summed E-state index contributed by atoms with van der Waals surface area (Å²) in [4.78, 5) is 12.0. The molecule has 0 atom stereocenters. The van der Waals surface area contributed by atoms with Crippen molar-refractivity contribution in [2.45, 2.75) is 20.4 Å². The number of carbonyl (C=O) groups excluding carboxylic acids is 1. The van der Waals surface area contributed by atoms with E-state index >= 15 is 0 Å².